The van der Waals surface area contributed by atoms with Crippen LogP contribution in [-0.4, -0.2) is 19.2 Å². The Hall–Kier alpha value is -2.00. The third-order valence-corrected chi connectivity index (χ3v) is 3.53. The van der Waals surface area contributed by atoms with Crippen LogP contribution in [0.2, 0.25) is 5.02 Å². The van der Waals surface area contributed by atoms with Crippen molar-refractivity contribution in [1.82, 2.24) is 4.98 Å². The first-order valence-corrected chi connectivity index (χ1v) is 6.21. The highest BCUT2D eigenvalue weighted by molar-refractivity contribution is 6.40. The van der Waals surface area contributed by atoms with E-state index in [9.17, 15) is 0 Å². The SMILES string of the molecule is COc1ccc2nc3ccc(OC)cc3c(Cl)c2c1. The smallest absolute Gasteiger partial charge is 0.119 e. The average molecular weight is 274 g/mol. The molecule has 1 heterocycles. The van der Waals surface area contributed by atoms with Crippen molar-refractivity contribution in [3.05, 3.63) is 41.4 Å². The molecular formula is C15H12ClNO2. The van der Waals surface area contributed by atoms with Crippen molar-refractivity contribution < 1.29 is 9.47 Å². The Bertz CT molecular complexity index is 709. The third-order valence-electron chi connectivity index (χ3n) is 3.12. The second kappa shape index (κ2) is 4.59. The van der Waals surface area contributed by atoms with Crippen LogP contribution in [0.15, 0.2) is 36.4 Å². The summed E-state index contributed by atoms with van der Waals surface area (Å²) in [5, 5.41) is 2.42. The zero-order valence-corrected chi connectivity index (χ0v) is 11.4. The summed E-state index contributed by atoms with van der Waals surface area (Å²) in [5.41, 5.74) is 1.70. The van der Waals surface area contributed by atoms with E-state index in [2.05, 4.69) is 4.98 Å². The van der Waals surface area contributed by atoms with Gasteiger partial charge in [-0.1, -0.05) is 11.6 Å². The molecule has 0 aliphatic rings. The van der Waals surface area contributed by atoms with E-state index in [1.807, 2.05) is 36.4 Å². The molecule has 0 bridgehead atoms. The number of rotatable bonds is 2. The van der Waals surface area contributed by atoms with Gasteiger partial charge in [0, 0.05) is 10.8 Å². The molecule has 1 aromatic heterocycles. The lowest BCUT2D eigenvalue weighted by Gasteiger charge is -2.08. The summed E-state index contributed by atoms with van der Waals surface area (Å²) in [5.74, 6) is 1.52. The van der Waals surface area contributed by atoms with Gasteiger partial charge in [0.05, 0.1) is 30.3 Å². The number of hydrogen-bond acceptors (Lipinski definition) is 3. The molecule has 0 fully saturated rings. The molecule has 0 spiro atoms. The Balaban J connectivity index is 2.39. The summed E-state index contributed by atoms with van der Waals surface area (Å²) >= 11 is 6.48. The molecular weight excluding hydrogens is 262 g/mol. The fourth-order valence-electron chi connectivity index (χ4n) is 2.11. The maximum Gasteiger partial charge on any atom is 0.119 e. The average Bonchev–Trinajstić information content (AvgIpc) is 2.47. The van der Waals surface area contributed by atoms with Gasteiger partial charge in [-0.05, 0) is 36.4 Å². The maximum atomic E-state index is 6.48. The molecule has 0 unspecified atom stereocenters. The Kier molecular flexibility index (Phi) is 2.91. The van der Waals surface area contributed by atoms with Crippen LogP contribution in [0.4, 0.5) is 0 Å². The summed E-state index contributed by atoms with van der Waals surface area (Å²) in [6.45, 7) is 0. The van der Waals surface area contributed by atoms with Crippen molar-refractivity contribution in [3.63, 3.8) is 0 Å². The first kappa shape index (κ1) is 12.1. The van der Waals surface area contributed by atoms with Crippen LogP contribution in [0.1, 0.15) is 0 Å². The molecule has 96 valence electrons. The van der Waals surface area contributed by atoms with Crippen LogP contribution >= 0.6 is 11.6 Å². The summed E-state index contributed by atoms with van der Waals surface area (Å²) in [6, 6.07) is 11.3. The van der Waals surface area contributed by atoms with Gasteiger partial charge in [0.25, 0.3) is 0 Å². The molecule has 0 amide bonds. The van der Waals surface area contributed by atoms with Gasteiger partial charge >= 0.3 is 0 Å². The molecule has 19 heavy (non-hydrogen) atoms. The van der Waals surface area contributed by atoms with Crippen LogP contribution in [-0.2, 0) is 0 Å². The van der Waals surface area contributed by atoms with E-state index in [1.165, 1.54) is 0 Å². The lowest BCUT2D eigenvalue weighted by Crippen LogP contribution is -1.89. The van der Waals surface area contributed by atoms with Crippen molar-refractivity contribution in [3.8, 4) is 11.5 Å². The van der Waals surface area contributed by atoms with Gasteiger partial charge in [-0.2, -0.15) is 0 Å². The highest BCUT2D eigenvalue weighted by Crippen LogP contribution is 2.34. The second-order valence-corrected chi connectivity index (χ2v) is 4.57. The highest BCUT2D eigenvalue weighted by Gasteiger charge is 2.09. The molecule has 3 rings (SSSR count). The Morgan fingerprint density at radius 3 is 1.74 bits per heavy atom. The molecule has 0 aliphatic carbocycles. The zero-order chi connectivity index (χ0) is 13.4. The van der Waals surface area contributed by atoms with Gasteiger partial charge in [-0.15, -0.1) is 0 Å². The number of benzene rings is 2. The van der Waals surface area contributed by atoms with E-state index in [4.69, 9.17) is 21.1 Å². The van der Waals surface area contributed by atoms with Crippen molar-refractivity contribution in [2.45, 2.75) is 0 Å². The molecule has 0 atom stereocenters. The molecule has 2 aromatic carbocycles. The molecule has 3 nitrogen and oxygen atoms in total. The van der Waals surface area contributed by atoms with Crippen LogP contribution < -0.4 is 9.47 Å². The normalized spacial score (nSPS) is 10.9. The van der Waals surface area contributed by atoms with Crippen molar-refractivity contribution in [2.24, 2.45) is 0 Å². The fourth-order valence-corrected chi connectivity index (χ4v) is 2.41. The van der Waals surface area contributed by atoms with Gasteiger partial charge in [-0.25, -0.2) is 4.98 Å². The minimum absolute atomic E-state index is 0.665. The molecule has 0 radical (unpaired) electrons. The first-order valence-electron chi connectivity index (χ1n) is 5.84. The molecule has 0 N–H and O–H groups in total. The van der Waals surface area contributed by atoms with Crippen LogP contribution in [0.5, 0.6) is 11.5 Å². The predicted molar refractivity (Wildman–Crippen MR) is 77.4 cm³/mol. The summed E-state index contributed by atoms with van der Waals surface area (Å²) in [4.78, 5) is 4.59. The number of pyridine rings is 1. The van der Waals surface area contributed by atoms with Crippen molar-refractivity contribution >= 4 is 33.4 Å². The topological polar surface area (TPSA) is 31.4 Å². The lowest BCUT2D eigenvalue weighted by molar-refractivity contribution is 0.415. The molecule has 0 saturated carbocycles. The first-order chi connectivity index (χ1) is 9.22. The Morgan fingerprint density at radius 2 is 1.32 bits per heavy atom. The standard InChI is InChI=1S/C15H12ClNO2/c1-18-9-3-5-13-11(7-9)15(16)12-8-10(19-2)4-6-14(12)17-13/h3-8H,1-2H3. The van der Waals surface area contributed by atoms with Crippen LogP contribution in [0, 0.1) is 0 Å². The second-order valence-electron chi connectivity index (χ2n) is 4.19. The fraction of sp³-hybridized carbons (Fsp3) is 0.133. The zero-order valence-electron chi connectivity index (χ0n) is 10.6. The monoisotopic (exact) mass is 273 g/mol. The van der Waals surface area contributed by atoms with Crippen molar-refractivity contribution in [2.75, 3.05) is 14.2 Å². The van der Waals surface area contributed by atoms with E-state index in [0.717, 1.165) is 33.3 Å². The minimum atomic E-state index is 0.665. The van der Waals surface area contributed by atoms with E-state index in [-0.39, 0.29) is 0 Å². The quantitative estimate of drug-likeness (QED) is 0.660. The van der Waals surface area contributed by atoms with Crippen molar-refractivity contribution in [1.29, 1.82) is 0 Å². The summed E-state index contributed by atoms with van der Waals surface area (Å²) < 4.78 is 10.4. The molecule has 0 saturated heterocycles. The predicted octanol–water partition coefficient (Wildman–Crippen LogP) is 4.06. The number of fused-ring (bicyclic) bond motifs is 2. The molecule has 0 aliphatic heterocycles. The van der Waals surface area contributed by atoms with E-state index >= 15 is 0 Å². The van der Waals surface area contributed by atoms with Gasteiger partial charge in [-0.3, -0.25) is 0 Å². The number of nitrogens with zero attached hydrogens (tertiary/aromatic N) is 1. The Morgan fingerprint density at radius 1 is 0.842 bits per heavy atom. The van der Waals surface area contributed by atoms with Gasteiger partial charge in [0.2, 0.25) is 0 Å². The largest absolute Gasteiger partial charge is 0.497 e. The maximum absolute atomic E-state index is 6.48. The minimum Gasteiger partial charge on any atom is -0.497 e. The van der Waals surface area contributed by atoms with Gasteiger partial charge in [0.15, 0.2) is 0 Å². The summed E-state index contributed by atoms with van der Waals surface area (Å²) in [7, 11) is 3.26. The van der Waals surface area contributed by atoms with Gasteiger partial charge in [0.1, 0.15) is 11.5 Å². The summed E-state index contributed by atoms with van der Waals surface area (Å²) in [6.07, 6.45) is 0. The number of halogens is 1. The highest BCUT2D eigenvalue weighted by atomic mass is 35.5. The third kappa shape index (κ3) is 1.96. The molecule has 3 aromatic rings. The lowest BCUT2D eigenvalue weighted by atomic mass is 10.1. The number of methoxy groups -OCH3 is 2. The molecule has 4 heteroatoms. The number of aromatic nitrogens is 1. The van der Waals surface area contributed by atoms with Crippen LogP contribution in [0.3, 0.4) is 0 Å². The van der Waals surface area contributed by atoms with E-state index in [0.29, 0.717) is 5.02 Å². The number of hydrogen-bond donors (Lipinski definition) is 0. The van der Waals surface area contributed by atoms with Gasteiger partial charge < -0.3 is 9.47 Å². The van der Waals surface area contributed by atoms with E-state index in [1.54, 1.807) is 14.2 Å². The van der Waals surface area contributed by atoms with E-state index < -0.39 is 0 Å². The van der Waals surface area contributed by atoms with Crippen LogP contribution in [0.25, 0.3) is 21.8 Å². The number of ether oxygens (including phenoxy) is 2. The Labute approximate surface area is 115 Å².